The highest BCUT2D eigenvalue weighted by Crippen LogP contribution is 2.42. The van der Waals surface area contributed by atoms with Gasteiger partial charge in [0.15, 0.2) is 11.6 Å². The molecule has 0 bridgehead atoms. The van der Waals surface area contributed by atoms with Crippen molar-refractivity contribution in [2.45, 2.75) is 12.8 Å². The highest BCUT2D eigenvalue weighted by molar-refractivity contribution is 7.86. The van der Waals surface area contributed by atoms with Gasteiger partial charge in [-0.3, -0.25) is 9.45 Å². The van der Waals surface area contributed by atoms with Crippen LogP contribution in [0.15, 0.2) is 107 Å². The van der Waals surface area contributed by atoms with Gasteiger partial charge in [0, 0.05) is 12.6 Å². The Morgan fingerprint density at radius 2 is 1.50 bits per heavy atom. The average molecular weight is 635 g/mol. The number of oxazole rings is 1. The van der Waals surface area contributed by atoms with Crippen molar-refractivity contribution in [3.63, 3.8) is 0 Å². The molecule has 4 aromatic carbocycles. The first kappa shape index (κ1) is 29.5. The minimum absolute atomic E-state index is 0.00363. The highest BCUT2D eigenvalue weighted by atomic mass is 32.2. The van der Waals surface area contributed by atoms with Gasteiger partial charge in [0.05, 0.1) is 5.69 Å². The van der Waals surface area contributed by atoms with Crippen molar-refractivity contribution < 1.29 is 39.4 Å². The van der Waals surface area contributed by atoms with E-state index < -0.39 is 32.0 Å². The number of ether oxygens (including phenoxy) is 1. The van der Waals surface area contributed by atoms with Crippen molar-refractivity contribution in [1.82, 2.24) is 5.48 Å². The molecule has 5 aromatic rings. The van der Waals surface area contributed by atoms with E-state index in [-0.39, 0.29) is 18.3 Å². The predicted octanol–water partition coefficient (Wildman–Crippen LogP) is 4.93. The second-order valence-corrected chi connectivity index (χ2v) is 12.9. The zero-order valence-electron chi connectivity index (χ0n) is 23.5. The molecule has 1 aliphatic heterocycles. The van der Waals surface area contributed by atoms with Crippen molar-refractivity contribution >= 4 is 43.1 Å². The Kier molecular flexibility index (Phi) is 7.97. The molecule has 1 aromatic heterocycles. The average Bonchev–Trinajstić information content (AvgIpc) is 3.52. The summed E-state index contributed by atoms with van der Waals surface area (Å²) in [4.78, 5) is 1.40. The largest absolute Gasteiger partial charge is 0.438 e. The maximum atomic E-state index is 12.9. The molecule has 0 atom stereocenters. The van der Waals surface area contributed by atoms with E-state index in [0.29, 0.717) is 22.5 Å². The fourth-order valence-electron chi connectivity index (χ4n) is 4.91. The lowest BCUT2D eigenvalue weighted by atomic mass is 10.0. The van der Waals surface area contributed by atoms with Crippen LogP contribution in [0.2, 0.25) is 0 Å². The molecule has 44 heavy (non-hydrogen) atoms. The van der Waals surface area contributed by atoms with Crippen molar-refractivity contribution in [3.05, 3.63) is 109 Å². The van der Waals surface area contributed by atoms with Gasteiger partial charge in [0.1, 0.15) is 6.08 Å². The van der Waals surface area contributed by atoms with Gasteiger partial charge >= 0.3 is 26.1 Å². The second-order valence-electron chi connectivity index (χ2n) is 9.96. The van der Waals surface area contributed by atoms with E-state index in [2.05, 4.69) is 5.48 Å². The molecule has 226 valence electrons. The van der Waals surface area contributed by atoms with Gasteiger partial charge in [-0.05, 0) is 40.5 Å². The highest BCUT2D eigenvalue weighted by Gasteiger charge is 2.34. The smallest absolute Gasteiger partial charge is 0.380 e. The van der Waals surface area contributed by atoms with Gasteiger partial charge in [0.2, 0.25) is 11.5 Å². The lowest BCUT2D eigenvalue weighted by Crippen LogP contribution is -2.39. The van der Waals surface area contributed by atoms with Crippen LogP contribution in [0.1, 0.15) is 12.8 Å². The molecule has 2 heterocycles. The summed E-state index contributed by atoms with van der Waals surface area (Å²) in [6.45, 7) is 1.95. The molecule has 13 heteroatoms. The molecule has 2 N–H and O–H groups in total. The van der Waals surface area contributed by atoms with Gasteiger partial charge in [-0.15, -0.1) is 4.57 Å². The van der Waals surface area contributed by atoms with Crippen molar-refractivity contribution in [2.75, 3.05) is 17.3 Å². The van der Waals surface area contributed by atoms with E-state index in [1.165, 1.54) is 15.5 Å². The molecule has 1 aliphatic rings. The Morgan fingerprint density at radius 1 is 0.864 bits per heavy atom. The van der Waals surface area contributed by atoms with Crippen molar-refractivity contribution in [2.24, 2.45) is 0 Å². The van der Waals surface area contributed by atoms with Crippen LogP contribution in [-0.2, 0) is 30.4 Å². The summed E-state index contributed by atoms with van der Waals surface area (Å²) in [5.74, 6) is -1.03. The zero-order valence-corrected chi connectivity index (χ0v) is 25.1. The molecule has 0 unspecified atom stereocenters. The Hall–Kier alpha value is -4.53. The van der Waals surface area contributed by atoms with Crippen LogP contribution in [0.4, 0.5) is 5.69 Å². The van der Waals surface area contributed by atoms with E-state index in [9.17, 15) is 21.4 Å². The van der Waals surface area contributed by atoms with Crippen molar-refractivity contribution in [1.29, 1.82) is 0 Å². The monoisotopic (exact) mass is 634 g/mol. The summed E-state index contributed by atoms with van der Waals surface area (Å²) in [5, 5.41) is 0. The summed E-state index contributed by atoms with van der Waals surface area (Å²) < 4.78 is 78.3. The Bertz CT molecular complexity index is 2080. The fourth-order valence-corrected chi connectivity index (χ4v) is 6.43. The van der Waals surface area contributed by atoms with Gasteiger partial charge in [-0.25, -0.2) is 0 Å². The third-order valence-corrected chi connectivity index (χ3v) is 8.36. The van der Waals surface area contributed by atoms with E-state index in [1.807, 2.05) is 72.8 Å². The molecular weight excluding hydrogens is 606 g/mol. The first-order chi connectivity index (χ1) is 21.1. The van der Waals surface area contributed by atoms with E-state index in [0.717, 1.165) is 22.3 Å². The summed E-state index contributed by atoms with van der Waals surface area (Å²) in [6.07, 6.45) is 1.39. The molecule has 0 radical (unpaired) electrons. The van der Waals surface area contributed by atoms with Crippen molar-refractivity contribution in [3.8, 4) is 28.0 Å². The summed E-state index contributed by atoms with van der Waals surface area (Å²) in [6, 6.07) is 29.7. The zero-order chi connectivity index (χ0) is 30.9. The van der Waals surface area contributed by atoms with Crippen LogP contribution in [0.3, 0.4) is 0 Å². The Morgan fingerprint density at radius 3 is 2.14 bits per heavy atom. The Labute approximate surface area is 254 Å². The van der Waals surface area contributed by atoms with Gasteiger partial charge < -0.3 is 9.15 Å². The number of hydroxylamine groups is 1. The molecule has 0 amide bonds. The lowest BCUT2D eigenvalue weighted by Gasteiger charge is -2.18. The van der Waals surface area contributed by atoms with Crippen LogP contribution in [0.25, 0.3) is 39.4 Å². The topological polar surface area (TPSA) is 139 Å². The molecular formula is C31H28N3O8S2+. The standard InChI is InChI=1S/C31H27N3O8S2/c1-2-32-42-44(38,39)21-34-27-18-25(23-11-7-4-8-12-23)14-16-29(27)41-31(34)19-30-33(20-43(35,36)37)26-17-24(13-15-28(26)40-30)22-9-5-3-6-10-22/h3-19,32H,2,20-21H2,1H3/p+1. The first-order valence-corrected chi connectivity index (χ1v) is 16.8. The first-order valence-electron chi connectivity index (χ1n) is 13.6. The molecule has 11 nitrogen and oxygen atoms in total. The van der Waals surface area contributed by atoms with Crippen LogP contribution in [0, 0.1) is 0 Å². The summed E-state index contributed by atoms with van der Waals surface area (Å²) in [5.41, 5.74) is 6.99. The normalized spacial score (nSPS) is 14.2. The number of rotatable bonds is 10. The number of hydrogen-bond acceptors (Lipinski definition) is 9. The fraction of sp³-hybridized carbons (Fsp3) is 0.129. The van der Waals surface area contributed by atoms with Crippen LogP contribution in [0.5, 0.6) is 5.75 Å². The van der Waals surface area contributed by atoms with Gasteiger partial charge in [0.25, 0.3) is 11.4 Å². The number of hydrogen-bond donors (Lipinski definition) is 2. The van der Waals surface area contributed by atoms with E-state index in [1.54, 1.807) is 31.2 Å². The summed E-state index contributed by atoms with van der Waals surface area (Å²) in [7, 11) is -8.67. The lowest BCUT2D eigenvalue weighted by molar-refractivity contribution is -0.658. The quantitative estimate of drug-likeness (QED) is 0.124. The molecule has 0 fully saturated rings. The number of aromatic nitrogens is 1. The Balaban J connectivity index is 1.48. The molecule has 0 saturated carbocycles. The molecule has 0 aliphatic carbocycles. The molecule has 0 saturated heterocycles. The van der Waals surface area contributed by atoms with Crippen LogP contribution in [-0.4, -0.2) is 33.8 Å². The minimum Gasteiger partial charge on any atom is -0.438 e. The number of nitrogens with one attached hydrogen (secondary N) is 1. The maximum absolute atomic E-state index is 12.9. The van der Waals surface area contributed by atoms with Crippen LogP contribution < -0.4 is 19.7 Å². The van der Waals surface area contributed by atoms with E-state index >= 15 is 0 Å². The number of benzene rings is 4. The predicted molar refractivity (Wildman–Crippen MR) is 165 cm³/mol. The molecule has 6 rings (SSSR count). The van der Waals surface area contributed by atoms with E-state index in [4.69, 9.17) is 13.4 Å². The third-order valence-electron chi connectivity index (χ3n) is 6.83. The third kappa shape index (κ3) is 6.37. The van der Waals surface area contributed by atoms with Gasteiger partial charge in [-0.1, -0.05) is 79.7 Å². The second kappa shape index (κ2) is 11.9. The summed E-state index contributed by atoms with van der Waals surface area (Å²) >= 11 is 0. The minimum atomic E-state index is -4.52. The number of anilines is 1. The van der Waals surface area contributed by atoms with Crippen LogP contribution >= 0.6 is 0 Å². The maximum Gasteiger partial charge on any atom is 0.380 e. The molecule has 0 spiro atoms. The van der Waals surface area contributed by atoms with Gasteiger partial charge in [-0.2, -0.15) is 26.6 Å². The number of fused-ring (bicyclic) bond motifs is 2. The number of nitrogens with zero attached hydrogens (tertiary/aromatic N) is 2. The SMILES string of the molecule is CCNOS(=O)(=O)CN1C(=Cc2oc3ccc(-c4ccccc4)cc3[n+]2CS(=O)(=O)O)Oc2ccc(-c3ccccc3)cc21.